The van der Waals surface area contributed by atoms with Crippen LogP contribution in [0.25, 0.3) is 5.76 Å². The molecule has 0 saturated carbocycles. The number of fused-ring (bicyclic) bond motifs is 1. The monoisotopic (exact) mass is 467 g/mol. The molecule has 5 nitrogen and oxygen atoms in total. The fraction of sp³-hybridized carbons (Fsp3) is 0.267. The van der Waals surface area contributed by atoms with E-state index in [0.717, 1.165) is 16.7 Å². The van der Waals surface area contributed by atoms with Crippen LogP contribution in [0.1, 0.15) is 23.6 Å². The van der Waals surface area contributed by atoms with Gasteiger partial charge in [0, 0.05) is 24.1 Å². The third-order valence-corrected chi connectivity index (χ3v) is 6.82. The molecule has 1 saturated heterocycles. The second-order valence-electron chi connectivity index (χ2n) is 9.00. The topological polar surface area (TPSA) is 55.8 Å². The van der Waals surface area contributed by atoms with Crippen LogP contribution in [0.3, 0.4) is 0 Å². The van der Waals surface area contributed by atoms with Crippen molar-refractivity contribution >= 4 is 17.6 Å². The quantitative estimate of drug-likeness (QED) is 0.465. The van der Waals surface area contributed by atoms with Crippen LogP contribution in [0.5, 0.6) is 0 Å². The Morgan fingerprint density at radius 1 is 0.886 bits per heavy atom. The average Bonchev–Trinajstić information content (AvgIpc) is 3.16. The third-order valence-electron chi connectivity index (χ3n) is 6.82. The molecule has 0 bridgehead atoms. The van der Waals surface area contributed by atoms with Crippen molar-refractivity contribution in [1.29, 1.82) is 0 Å². The molecule has 178 valence electrons. The van der Waals surface area contributed by atoms with E-state index in [2.05, 4.69) is 12.1 Å². The summed E-state index contributed by atoms with van der Waals surface area (Å²) in [5.41, 5.74) is 3.01. The first-order chi connectivity index (χ1) is 17.2. The number of benzene rings is 3. The lowest BCUT2D eigenvalue weighted by atomic mass is 9.80. The summed E-state index contributed by atoms with van der Waals surface area (Å²) in [5, 5.41) is 0. The van der Waals surface area contributed by atoms with Crippen molar-refractivity contribution in [2.75, 3.05) is 6.61 Å². The molecule has 5 heteroatoms. The summed E-state index contributed by atoms with van der Waals surface area (Å²) >= 11 is 0. The van der Waals surface area contributed by atoms with E-state index in [0.29, 0.717) is 18.7 Å². The molecule has 2 aliphatic rings. The molecule has 0 spiro atoms. The van der Waals surface area contributed by atoms with Gasteiger partial charge in [0.1, 0.15) is 5.76 Å². The van der Waals surface area contributed by atoms with Crippen LogP contribution >= 0.6 is 0 Å². The molecule has 1 fully saturated rings. The van der Waals surface area contributed by atoms with E-state index < -0.39 is 18.0 Å². The Bertz CT molecular complexity index is 1190. The molecule has 2 aliphatic heterocycles. The lowest BCUT2D eigenvalue weighted by molar-refractivity contribution is -0.157. The molecule has 0 radical (unpaired) electrons. The maximum absolute atomic E-state index is 13.9. The Morgan fingerprint density at radius 3 is 2.11 bits per heavy atom. The van der Waals surface area contributed by atoms with E-state index in [1.807, 2.05) is 89.8 Å². The van der Waals surface area contributed by atoms with E-state index in [-0.39, 0.29) is 24.5 Å². The number of carbonyl (C=O) groups excluding carboxylic acids is 2. The van der Waals surface area contributed by atoms with Crippen molar-refractivity contribution in [2.45, 2.75) is 32.0 Å². The van der Waals surface area contributed by atoms with Gasteiger partial charge in [0.25, 0.3) is 0 Å². The normalized spacial score (nSPS) is 23.3. The van der Waals surface area contributed by atoms with Gasteiger partial charge in [-0.25, -0.2) is 4.79 Å². The number of esters is 1. The molecule has 2 heterocycles. The number of hydrogen-bond acceptors (Lipinski definition) is 4. The van der Waals surface area contributed by atoms with Gasteiger partial charge in [-0.05, 0) is 30.5 Å². The molecule has 0 N–H and O–H groups in total. The highest BCUT2D eigenvalue weighted by atomic mass is 16.6. The van der Waals surface area contributed by atoms with Gasteiger partial charge in [-0.2, -0.15) is 0 Å². The summed E-state index contributed by atoms with van der Waals surface area (Å²) in [7, 11) is 0. The van der Waals surface area contributed by atoms with Crippen molar-refractivity contribution in [3.8, 4) is 0 Å². The zero-order valence-corrected chi connectivity index (χ0v) is 19.7. The zero-order valence-electron chi connectivity index (χ0n) is 19.7. The van der Waals surface area contributed by atoms with Gasteiger partial charge in [-0.1, -0.05) is 91.0 Å². The number of carbonyl (C=O) groups is 2. The first kappa shape index (κ1) is 22.9. The summed E-state index contributed by atoms with van der Waals surface area (Å²) < 4.78 is 11.8. The van der Waals surface area contributed by atoms with Crippen LogP contribution in [0.2, 0.25) is 0 Å². The number of likely N-dealkylation sites (tertiary alicyclic amines) is 1. The van der Waals surface area contributed by atoms with Gasteiger partial charge in [0.2, 0.25) is 12.0 Å². The number of nitrogens with zero attached hydrogens (tertiary/aromatic N) is 1. The number of hydrogen-bond donors (Lipinski definition) is 0. The molecule has 3 aromatic rings. The van der Waals surface area contributed by atoms with Crippen molar-refractivity contribution in [1.82, 2.24) is 4.90 Å². The minimum Gasteiger partial charge on any atom is -0.478 e. The lowest BCUT2D eigenvalue weighted by Crippen LogP contribution is -2.45. The summed E-state index contributed by atoms with van der Waals surface area (Å²) in [4.78, 5) is 29.0. The van der Waals surface area contributed by atoms with Crippen LogP contribution in [0.15, 0.2) is 97.1 Å². The number of ether oxygens (including phenoxy) is 2. The summed E-state index contributed by atoms with van der Waals surface area (Å²) in [6.07, 6.45) is 1.67. The van der Waals surface area contributed by atoms with Crippen LogP contribution in [0, 0.1) is 11.8 Å². The maximum atomic E-state index is 13.9. The minimum atomic E-state index is -0.862. The van der Waals surface area contributed by atoms with Crippen molar-refractivity contribution < 1.29 is 19.1 Å². The van der Waals surface area contributed by atoms with E-state index in [9.17, 15) is 9.59 Å². The first-order valence-corrected chi connectivity index (χ1v) is 12.1. The molecule has 1 amide bonds. The fourth-order valence-corrected chi connectivity index (χ4v) is 5.23. The van der Waals surface area contributed by atoms with E-state index in [4.69, 9.17) is 9.47 Å². The molecule has 0 aromatic heterocycles. The molecule has 0 aliphatic carbocycles. The Balaban J connectivity index is 1.57. The van der Waals surface area contributed by atoms with Crippen LogP contribution in [-0.4, -0.2) is 35.5 Å². The third kappa shape index (κ3) is 4.72. The van der Waals surface area contributed by atoms with Crippen LogP contribution in [0.4, 0.5) is 0 Å². The SMILES string of the molecule is CCOC(=O)[C@H]1OC(c2ccccc2)=C[C@@H]2C(=O)N(Cc3ccccc3)[C@@H](Cc3ccccc3)[C@@H]21. The van der Waals surface area contributed by atoms with Crippen molar-refractivity contribution in [2.24, 2.45) is 11.8 Å². The zero-order chi connectivity index (χ0) is 24.2. The van der Waals surface area contributed by atoms with Crippen LogP contribution in [-0.2, 0) is 32.0 Å². The van der Waals surface area contributed by atoms with E-state index >= 15 is 0 Å². The summed E-state index contributed by atoms with van der Waals surface area (Å²) in [6.45, 7) is 2.52. The van der Waals surface area contributed by atoms with Gasteiger partial charge < -0.3 is 14.4 Å². The van der Waals surface area contributed by atoms with E-state index in [1.165, 1.54) is 0 Å². The molecule has 3 aromatic carbocycles. The van der Waals surface area contributed by atoms with Gasteiger partial charge in [0.15, 0.2) is 0 Å². The second kappa shape index (κ2) is 10.2. The van der Waals surface area contributed by atoms with Gasteiger partial charge in [-0.15, -0.1) is 0 Å². The smallest absolute Gasteiger partial charge is 0.347 e. The first-order valence-electron chi connectivity index (χ1n) is 12.1. The summed E-state index contributed by atoms with van der Waals surface area (Å²) in [5.74, 6) is -0.663. The highest BCUT2D eigenvalue weighted by molar-refractivity contribution is 5.89. The Labute approximate surface area is 206 Å². The standard InChI is InChI=1S/C30H29NO4/c1-2-34-30(33)28-27-24(19-26(35-28)23-16-10-5-11-17-23)29(32)31(20-22-14-8-4-9-15-22)25(27)18-21-12-6-3-7-13-21/h3-17,19,24-25,27-28H,2,18,20H2,1H3/t24-,25-,27+,28-/m0/s1. The highest BCUT2D eigenvalue weighted by Gasteiger charge is 2.55. The molecule has 0 unspecified atom stereocenters. The average molecular weight is 468 g/mol. The van der Waals surface area contributed by atoms with Crippen LogP contribution < -0.4 is 0 Å². The van der Waals surface area contributed by atoms with Gasteiger partial charge >= 0.3 is 5.97 Å². The molecule has 5 rings (SSSR count). The largest absolute Gasteiger partial charge is 0.478 e. The van der Waals surface area contributed by atoms with Gasteiger partial charge in [-0.3, -0.25) is 4.79 Å². The number of amides is 1. The van der Waals surface area contributed by atoms with Crippen molar-refractivity contribution in [3.05, 3.63) is 114 Å². The second-order valence-corrected chi connectivity index (χ2v) is 9.00. The lowest BCUT2D eigenvalue weighted by Gasteiger charge is -2.35. The van der Waals surface area contributed by atoms with Gasteiger partial charge in [0.05, 0.1) is 12.5 Å². The fourth-order valence-electron chi connectivity index (χ4n) is 5.23. The molecule has 4 atom stereocenters. The highest BCUT2D eigenvalue weighted by Crippen LogP contribution is 2.44. The Hall–Kier alpha value is -3.86. The van der Waals surface area contributed by atoms with E-state index in [1.54, 1.807) is 6.92 Å². The molecular formula is C30H29NO4. The predicted molar refractivity (Wildman–Crippen MR) is 134 cm³/mol. The Kier molecular flexibility index (Phi) is 6.66. The summed E-state index contributed by atoms with van der Waals surface area (Å²) in [6, 6.07) is 29.5. The molecular weight excluding hydrogens is 438 g/mol. The molecule has 35 heavy (non-hydrogen) atoms. The van der Waals surface area contributed by atoms with Crippen molar-refractivity contribution in [3.63, 3.8) is 0 Å². The Morgan fingerprint density at radius 2 is 1.49 bits per heavy atom. The predicted octanol–water partition coefficient (Wildman–Crippen LogP) is 4.88. The minimum absolute atomic E-state index is 0.0193. The number of rotatable bonds is 7. The maximum Gasteiger partial charge on any atom is 0.347 e.